The van der Waals surface area contributed by atoms with Crippen LogP contribution in [0.1, 0.15) is 34.6 Å². The molecular formula is C8H16O2. The van der Waals surface area contributed by atoms with Gasteiger partial charge in [0.15, 0.2) is 0 Å². The predicted molar refractivity (Wildman–Crippen MR) is 39.9 cm³/mol. The summed E-state index contributed by atoms with van der Waals surface area (Å²) in [6.45, 7) is 9.48. The standard InChI is InChI=1S/C8H16O2/c1-6(2,9)8(5)7(3,4)10-8/h9H,1-5H3. The highest BCUT2D eigenvalue weighted by molar-refractivity contribution is 5.15. The number of epoxide rings is 1. The maximum atomic E-state index is 9.63. The highest BCUT2D eigenvalue weighted by Crippen LogP contribution is 2.53. The minimum atomic E-state index is -0.740. The molecule has 0 aromatic heterocycles. The van der Waals surface area contributed by atoms with Crippen molar-refractivity contribution in [2.45, 2.75) is 51.4 Å². The Bertz CT molecular complexity index is 155. The van der Waals surface area contributed by atoms with Crippen molar-refractivity contribution in [1.82, 2.24) is 0 Å². The van der Waals surface area contributed by atoms with Crippen molar-refractivity contribution in [2.75, 3.05) is 0 Å². The third-order valence-corrected chi connectivity index (χ3v) is 2.73. The Balaban J connectivity index is 2.78. The van der Waals surface area contributed by atoms with Crippen LogP contribution >= 0.6 is 0 Å². The zero-order chi connectivity index (χ0) is 8.21. The van der Waals surface area contributed by atoms with Crippen LogP contribution in [0.5, 0.6) is 0 Å². The minimum absolute atomic E-state index is 0.161. The van der Waals surface area contributed by atoms with Crippen LogP contribution in [-0.4, -0.2) is 21.9 Å². The van der Waals surface area contributed by atoms with Crippen molar-refractivity contribution < 1.29 is 9.84 Å². The van der Waals surface area contributed by atoms with Crippen molar-refractivity contribution in [3.8, 4) is 0 Å². The van der Waals surface area contributed by atoms with E-state index in [-0.39, 0.29) is 11.2 Å². The van der Waals surface area contributed by atoms with Crippen LogP contribution in [0.2, 0.25) is 0 Å². The zero-order valence-electron chi connectivity index (χ0n) is 7.36. The van der Waals surface area contributed by atoms with E-state index < -0.39 is 5.60 Å². The summed E-state index contributed by atoms with van der Waals surface area (Å²) in [5.41, 5.74) is -1.26. The lowest BCUT2D eigenvalue weighted by Crippen LogP contribution is -2.41. The van der Waals surface area contributed by atoms with Gasteiger partial charge < -0.3 is 9.84 Å². The highest BCUT2D eigenvalue weighted by atomic mass is 16.6. The van der Waals surface area contributed by atoms with E-state index in [9.17, 15) is 5.11 Å². The van der Waals surface area contributed by atoms with Gasteiger partial charge in [-0.3, -0.25) is 0 Å². The van der Waals surface area contributed by atoms with Gasteiger partial charge in [-0.2, -0.15) is 0 Å². The van der Waals surface area contributed by atoms with Crippen molar-refractivity contribution in [2.24, 2.45) is 0 Å². The molecule has 1 fully saturated rings. The minimum Gasteiger partial charge on any atom is -0.387 e. The van der Waals surface area contributed by atoms with Gasteiger partial charge in [-0.05, 0) is 34.6 Å². The second kappa shape index (κ2) is 1.56. The third-order valence-electron chi connectivity index (χ3n) is 2.73. The van der Waals surface area contributed by atoms with E-state index >= 15 is 0 Å². The lowest BCUT2D eigenvalue weighted by Gasteiger charge is -2.24. The molecule has 2 nitrogen and oxygen atoms in total. The quantitative estimate of drug-likeness (QED) is 0.563. The average Bonchev–Trinajstić information content (AvgIpc) is 2.05. The Hall–Kier alpha value is -0.0800. The molecule has 0 aliphatic carbocycles. The molecule has 0 saturated carbocycles. The number of ether oxygens (including phenoxy) is 1. The number of rotatable bonds is 1. The van der Waals surface area contributed by atoms with Gasteiger partial charge >= 0.3 is 0 Å². The van der Waals surface area contributed by atoms with Gasteiger partial charge in [0.1, 0.15) is 5.60 Å². The topological polar surface area (TPSA) is 32.8 Å². The molecule has 0 amide bonds. The van der Waals surface area contributed by atoms with Crippen LogP contribution in [0.15, 0.2) is 0 Å². The van der Waals surface area contributed by atoms with Crippen LogP contribution < -0.4 is 0 Å². The lowest BCUT2D eigenvalue weighted by molar-refractivity contribution is 0.00249. The van der Waals surface area contributed by atoms with Gasteiger partial charge in [0.25, 0.3) is 0 Å². The molecule has 0 radical (unpaired) electrons. The summed E-state index contributed by atoms with van der Waals surface area (Å²) in [4.78, 5) is 0. The molecule has 1 N–H and O–H groups in total. The first-order valence-electron chi connectivity index (χ1n) is 3.63. The van der Waals surface area contributed by atoms with E-state index in [1.54, 1.807) is 13.8 Å². The molecule has 0 aromatic rings. The summed E-state index contributed by atoms with van der Waals surface area (Å²) in [7, 11) is 0. The van der Waals surface area contributed by atoms with Gasteiger partial charge in [0.05, 0.1) is 11.2 Å². The smallest absolute Gasteiger partial charge is 0.123 e. The lowest BCUT2D eigenvalue weighted by atomic mass is 9.84. The fraction of sp³-hybridized carbons (Fsp3) is 1.00. The summed E-state index contributed by atoms with van der Waals surface area (Å²) < 4.78 is 5.41. The average molecular weight is 144 g/mol. The van der Waals surface area contributed by atoms with Gasteiger partial charge in [-0.1, -0.05) is 0 Å². The Morgan fingerprint density at radius 3 is 1.50 bits per heavy atom. The molecule has 0 spiro atoms. The largest absolute Gasteiger partial charge is 0.387 e. The molecule has 0 aromatic carbocycles. The van der Waals surface area contributed by atoms with Crippen molar-refractivity contribution in [1.29, 1.82) is 0 Å². The van der Waals surface area contributed by atoms with Crippen LogP contribution in [0.25, 0.3) is 0 Å². The summed E-state index contributed by atoms with van der Waals surface area (Å²) in [6.07, 6.45) is 0. The molecule has 1 unspecified atom stereocenters. The van der Waals surface area contributed by atoms with E-state index in [1.807, 2.05) is 20.8 Å². The fourth-order valence-electron chi connectivity index (χ4n) is 1.35. The van der Waals surface area contributed by atoms with Crippen LogP contribution in [0.3, 0.4) is 0 Å². The Labute approximate surface area is 62.2 Å². The number of aliphatic hydroxyl groups is 1. The normalized spacial score (nSPS) is 37.8. The second-order valence-electron chi connectivity index (χ2n) is 4.20. The van der Waals surface area contributed by atoms with E-state index in [0.29, 0.717) is 0 Å². The van der Waals surface area contributed by atoms with Gasteiger partial charge in [0, 0.05) is 0 Å². The van der Waals surface area contributed by atoms with E-state index in [4.69, 9.17) is 4.74 Å². The van der Waals surface area contributed by atoms with E-state index in [2.05, 4.69) is 0 Å². The van der Waals surface area contributed by atoms with Gasteiger partial charge in [-0.25, -0.2) is 0 Å². The molecule has 1 saturated heterocycles. The molecule has 60 valence electrons. The van der Waals surface area contributed by atoms with Crippen LogP contribution in [0, 0.1) is 0 Å². The maximum absolute atomic E-state index is 9.63. The number of hydrogen-bond donors (Lipinski definition) is 1. The SMILES string of the molecule is CC(C)(O)C1(C)OC1(C)C. The Morgan fingerprint density at radius 1 is 1.20 bits per heavy atom. The highest BCUT2D eigenvalue weighted by Gasteiger charge is 2.67. The molecule has 1 heterocycles. The summed E-state index contributed by atoms with van der Waals surface area (Å²) in [5.74, 6) is 0. The first-order chi connectivity index (χ1) is 4.21. The molecular weight excluding hydrogens is 128 g/mol. The molecule has 1 aliphatic rings. The zero-order valence-corrected chi connectivity index (χ0v) is 7.36. The fourth-order valence-corrected chi connectivity index (χ4v) is 1.35. The van der Waals surface area contributed by atoms with Crippen molar-refractivity contribution in [3.05, 3.63) is 0 Å². The van der Waals surface area contributed by atoms with Crippen molar-refractivity contribution >= 4 is 0 Å². The second-order valence-corrected chi connectivity index (χ2v) is 4.20. The van der Waals surface area contributed by atoms with E-state index in [0.717, 1.165) is 0 Å². The Morgan fingerprint density at radius 2 is 1.50 bits per heavy atom. The first kappa shape index (κ1) is 8.02. The van der Waals surface area contributed by atoms with E-state index in [1.165, 1.54) is 0 Å². The molecule has 0 bridgehead atoms. The monoisotopic (exact) mass is 144 g/mol. The predicted octanol–water partition coefficient (Wildman–Crippen LogP) is 1.32. The first-order valence-corrected chi connectivity index (χ1v) is 3.63. The molecule has 2 heteroatoms. The third kappa shape index (κ3) is 0.789. The number of hydrogen-bond acceptors (Lipinski definition) is 2. The van der Waals surface area contributed by atoms with Crippen LogP contribution in [0.4, 0.5) is 0 Å². The molecule has 10 heavy (non-hydrogen) atoms. The summed E-state index contributed by atoms with van der Waals surface area (Å²) in [6, 6.07) is 0. The van der Waals surface area contributed by atoms with Gasteiger partial charge in [0.2, 0.25) is 0 Å². The molecule has 1 atom stereocenters. The Kier molecular flexibility index (Phi) is 1.25. The van der Waals surface area contributed by atoms with Crippen molar-refractivity contribution in [3.63, 3.8) is 0 Å². The van der Waals surface area contributed by atoms with Gasteiger partial charge in [-0.15, -0.1) is 0 Å². The molecule has 1 rings (SSSR count). The summed E-state index contributed by atoms with van der Waals surface area (Å²) >= 11 is 0. The molecule has 1 aliphatic heterocycles. The maximum Gasteiger partial charge on any atom is 0.123 e. The van der Waals surface area contributed by atoms with Crippen LogP contribution in [-0.2, 0) is 4.74 Å². The summed E-state index contributed by atoms with van der Waals surface area (Å²) in [5, 5.41) is 9.63.